The standard InChI is InChI=1S/C13H9BrFN3O/c1-7-8(2)17-18-13(10(7)6-16)19-12-5-9(14)3-4-11(12)15/h3-5H,1-2H3. The van der Waals surface area contributed by atoms with E-state index in [0.29, 0.717) is 15.7 Å². The van der Waals surface area contributed by atoms with E-state index in [1.165, 1.54) is 12.1 Å². The van der Waals surface area contributed by atoms with Crippen molar-refractivity contribution in [1.29, 1.82) is 5.26 Å². The van der Waals surface area contributed by atoms with Gasteiger partial charge >= 0.3 is 0 Å². The molecule has 0 saturated heterocycles. The number of hydrogen-bond donors (Lipinski definition) is 0. The second-order valence-electron chi connectivity index (χ2n) is 3.88. The van der Waals surface area contributed by atoms with Crippen LogP contribution in [-0.2, 0) is 0 Å². The molecule has 0 bridgehead atoms. The number of benzene rings is 1. The lowest BCUT2D eigenvalue weighted by Crippen LogP contribution is -2.01. The number of hydrogen-bond acceptors (Lipinski definition) is 4. The monoisotopic (exact) mass is 321 g/mol. The van der Waals surface area contributed by atoms with Crippen LogP contribution in [0.4, 0.5) is 4.39 Å². The largest absolute Gasteiger partial charge is 0.433 e. The van der Waals surface area contributed by atoms with Crippen molar-refractivity contribution >= 4 is 15.9 Å². The Labute approximate surface area is 118 Å². The first-order chi connectivity index (χ1) is 9.02. The molecule has 0 fully saturated rings. The molecule has 2 rings (SSSR count). The molecular formula is C13H9BrFN3O. The first-order valence-electron chi connectivity index (χ1n) is 5.40. The van der Waals surface area contributed by atoms with E-state index >= 15 is 0 Å². The topological polar surface area (TPSA) is 58.8 Å². The smallest absolute Gasteiger partial charge is 0.257 e. The van der Waals surface area contributed by atoms with Crippen LogP contribution in [0.5, 0.6) is 11.6 Å². The van der Waals surface area contributed by atoms with Crippen molar-refractivity contribution in [2.45, 2.75) is 13.8 Å². The van der Waals surface area contributed by atoms with Gasteiger partial charge in [0.05, 0.1) is 5.69 Å². The highest BCUT2D eigenvalue weighted by Gasteiger charge is 2.14. The number of aromatic nitrogens is 2. The van der Waals surface area contributed by atoms with Crippen LogP contribution in [0.2, 0.25) is 0 Å². The molecule has 19 heavy (non-hydrogen) atoms. The molecule has 0 unspecified atom stereocenters. The minimum atomic E-state index is -0.535. The van der Waals surface area contributed by atoms with Crippen LogP contribution in [0.15, 0.2) is 22.7 Å². The average Bonchev–Trinajstić information content (AvgIpc) is 2.38. The number of nitriles is 1. The molecule has 0 aliphatic carbocycles. The van der Waals surface area contributed by atoms with Gasteiger partial charge in [0.2, 0.25) is 0 Å². The molecular weight excluding hydrogens is 313 g/mol. The molecule has 1 heterocycles. The van der Waals surface area contributed by atoms with Crippen molar-refractivity contribution in [2.75, 3.05) is 0 Å². The van der Waals surface area contributed by atoms with Crippen LogP contribution in [0.25, 0.3) is 0 Å². The lowest BCUT2D eigenvalue weighted by molar-refractivity contribution is 0.419. The van der Waals surface area contributed by atoms with Gasteiger partial charge in [-0.1, -0.05) is 15.9 Å². The number of rotatable bonds is 2. The molecule has 96 valence electrons. The Morgan fingerprint density at radius 3 is 2.74 bits per heavy atom. The zero-order valence-electron chi connectivity index (χ0n) is 10.2. The molecule has 2 aromatic rings. The molecule has 0 atom stereocenters. The Balaban J connectivity index is 2.47. The van der Waals surface area contributed by atoms with E-state index in [9.17, 15) is 4.39 Å². The summed E-state index contributed by atoms with van der Waals surface area (Å²) in [6.07, 6.45) is 0. The maximum atomic E-state index is 13.6. The number of ether oxygens (including phenoxy) is 1. The van der Waals surface area contributed by atoms with Crippen molar-refractivity contribution in [1.82, 2.24) is 10.2 Å². The second kappa shape index (κ2) is 5.33. The Morgan fingerprint density at radius 2 is 2.05 bits per heavy atom. The molecule has 1 aromatic heterocycles. The predicted octanol–water partition coefficient (Wildman–Crippen LogP) is 3.66. The summed E-state index contributed by atoms with van der Waals surface area (Å²) < 4.78 is 19.6. The lowest BCUT2D eigenvalue weighted by Gasteiger charge is -2.09. The van der Waals surface area contributed by atoms with Crippen molar-refractivity contribution in [2.24, 2.45) is 0 Å². The van der Waals surface area contributed by atoms with Gasteiger partial charge in [-0.15, -0.1) is 5.10 Å². The van der Waals surface area contributed by atoms with Gasteiger partial charge in [-0.2, -0.15) is 10.4 Å². The zero-order valence-corrected chi connectivity index (χ0v) is 11.8. The fourth-order valence-corrected chi connectivity index (χ4v) is 1.79. The first kappa shape index (κ1) is 13.4. The summed E-state index contributed by atoms with van der Waals surface area (Å²) in [7, 11) is 0. The van der Waals surface area contributed by atoms with Crippen LogP contribution < -0.4 is 4.74 Å². The van der Waals surface area contributed by atoms with E-state index in [0.717, 1.165) is 0 Å². The zero-order chi connectivity index (χ0) is 14.0. The van der Waals surface area contributed by atoms with Gasteiger partial charge in [0.25, 0.3) is 5.88 Å². The van der Waals surface area contributed by atoms with E-state index in [1.54, 1.807) is 19.9 Å². The van der Waals surface area contributed by atoms with E-state index in [2.05, 4.69) is 26.1 Å². The Bertz CT molecular complexity index is 682. The van der Waals surface area contributed by atoms with Gasteiger partial charge < -0.3 is 4.74 Å². The summed E-state index contributed by atoms with van der Waals surface area (Å²) in [5.41, 5.74) is 1.56. The van der Waals surface area contributed by atoms with E-state index in [-0.39, 0.29) is 17.2 Å². The van der Waals surface area contributed by atoms with Crippen molar-refractivity contribution in [3.8, 4) is 17.7 Å². The van der Waals surface area contributed by atoms with Crippen molar-refractivity contribution < 1.29 is 9.13 Å². The number of aryl methyl sites for hydroxylation is 1. The summed E-state index contributed by atoms with van der Waals surface area (Å²) in [6, 6.07) is 6.28. The van der Waals surface area contributed by atoms with Gasteiger partial charge in [-0.3, -0.25) is 0 Å². The van der Waals surface area contributed by atoms with E-state index in [4.69, 9.17) is 10.00 Å². The number of nitrogens with zero attached hydrogens (tertiary/aromatic N) is 3. The summed E-state index contributed by atoms with van der Waals surface area (Å²) in [6.45, 7) is 3.49. The quantitative estimate of drug-likeness (QED) is 0.847. The van der Waals surface area contributed by atoms with Gasteiger partial charge in [0.1, 0.15) is 11.6 Å². The third-order valence-electron chi connectivity index (χ3n) is 2.63. The van der Waals surface area contributed by atoms with Crippen LogP contribution in [0.3, 0.4) is 0 Å². The van der Waals surface area contributed by atoms with Crippen molar-refractivity contribution in [3.63, 3.8) is 0 Å². The van der Waals surface area contributed by atoms with Crippen molar-refractivity contribution in [3.05, 3.63) is 45.3 Å². The summed E-state index contributed by atoms with van der Waals surface area (Å²) in [5.74, 6) is -0.543. The highest BCUT2D eigenvalue weighted by atomic mass is 79.9. The SMILES string of the molecule is Cc1nnc(Oc2cc(Br)ccc2F)c(C#N)c1C. The molecule has 0 spiro atoms. The van der Waals surface area contributed by atoms with Crippen LogP contribution in [0.1, 0.15) is 16.8 Å². The predicted molar refractivity (Wildman–Crippen MR) is 70.4 cm³/mol. The maximum absolute atomic E-state index is 13.6. The highest BCUT2D eigenvalue weighted by Crippen LogP contribution is 2.29. The third kappa shape index (κ3) is 2.71. The second-order valence-corrected chi connectivity index (χ2v) is 4.79. The summed E-state index contributed by atoms with van der Waals surface area (Å²) >= 11 is 3.22. The van der Waals surface area contributed by atoms with Crippen LogP contribution >= 0.6 is 15.9 Å². The minimum absolute atomic E-state index is 0.00241. The highest BCUT2D eigenvalue weighted by molar-refractivity contribution is 9.10. The minimum Gasteiger partial charge on any atom is -0.433 e. The van der Waals surface area contributed by atoms with E-state index < -0.39 is 5.82 Å². The van der Waals surface area contributed by atoms with Crippen LogP contribution in [-0.4, -0.2) is 10.2 Å². The summed E-state index contributed by atoms with van der Waals surface area (Å²) in [5, 5.41) is 16.8. The molecule has 0 aliphatic heterocycles. The molecule has 4 nitrogen and oxygen atoms in total. The molecule has 0 saturated carbocycles. The number of halogens is 2. The average molecular weight is 322 g/mol. The Kier molecular flexibility index (Phi) is 3.76. The van der Waals surface area contributed by atoms with Gasteiger partial charge in [-0.25, -0.2) is 4.39 Å². The van der Waals surface area contributed by atoms with Gasteiger partial charge in [-0.05, 0) is 37.6 Å². The first-order valence-corrected chi connectivity index (χ1v) is 6.19. The maximum Gasteiger partial charge on any atom is 0.257 e. The molecule has 0 amide bonds. The van der Waals surface area contributed by atoms with Crippen LogP contribution in [0, 0.1) is 31.0 Å². The molecule has 0 aliphatic rings. The molecule has 6 heteroatoms. The van der Waals surface area contributed by atoms with Gasteiger partial charge in [0, 0.05) is 4.47 Å². The lowest BCUT2D eigenvalue weighted by atomic mass is 10.1. The normalized spacial score (nSPS) is 10.1. The summed E-state index contributed by atoms with van der Waals surface area (Å²) in [4.78, 5) is 0. The fraction of sp³-hybridized carbons (Fsp3) is 0.154. The van der Waals surface area contributed by atoms with Gasteiger partial charge in [0.15, 0.2) is 11.6 Å². The van der Waals surface area contributed by atoms with E-state index in [1.807, 2.05) is 6.07 Å². The molecule has 0 N–H and O–H groups in total. The third-order valence-corrected chi connectivity index (χ3v) is 3.13. The fourth-order valence-electron chi connectivity index (χ4n) is 1.45. The molecule has 1 aromatic carbocycles. The molecule has 0 radical (unpaired) electrons. The Hall–Kier alpha value is -2.00. The Morgan fingerprint density at radius 1 is 1.32 bits per heavy atom.